The lowest BCUT2D eigenvalue weighted by atomic mass is 10.2. The van der Waals surface area contributed by atoms with Crippen LogP contribution in [0.25, 0.3) is 0 Å². The van der Waals surface area contributed by atoms with Gasteiger partial charge in [-0.25, -0.2) is 0 Å². The van der Waals surface area contributed by atoms with E-state index in [4.69, 9.17) is 4.74 Å². The van der Waals surface area contributed by atoms with Crippen molar-refractivity contribution in [3.63, 3.8) is 0 Å². The van der Waals surface area contributed by atoms with Gasteiger partial charge >= 0.3 is 0 Å². The molecule has 1 atom stereocenters. The van der Waals surface area contributed by atoms with E-state index < -0.39 is 0 Å². The monoisotopic (exact) mass is 180 g/mol. The zero-order valence-corrected chi connectivity index (χ0v) is 7.94. The second-order valence-corrected chi connectivity index (χ2v) is 3.62. The predicted molar refractivity (Wildman–Crippen MR) is 52.2 cm³/mol. The predicted octanol–water partition coefficient (Wildman–Crippen LogP) is 1.46. The van der Waals surface area contributed by atoms with E-state index in [1.807, 2.05) is 29.2 Å². The summed E-state index contributed by atoms with van der Waals surface area (Å²) in [4.78, 5) is 0. The van der Waals surface area contributed by atoms with Gasteiger partial charge in [0.1, 0.15) is 0 Å². The summed E-state index contributed by atoms with van der Waals surface area (Å²) in [5.41, 5.74) is 3.41. The van der Waals surface area contributed by atoms with Gasteiger partial charge in [0.15, 0.2) is 0 Å². The van der Waals surface area contributed by atoms with Crippen LogP contribution in [0, 0.1) is 5.92 Å². The van der Waals surface area contributed by atoms with Crippen molar-refractivity contribution >= 4 is 0 Å². The summed E-state index contributed by atoms with van der Waals surface area (Å²) in [5, 5.41) is 0. The van der Waals surface area contributed by atoms with E-state index in [0.717, 1.165) is 12.5 Å². The third kappa shape index (κ3) is 2.25. The molecule has 1 aliphatic carbocycles. The minimum absolute atomic E-state index is 0.470. The molecule has 0 spiro atoms. The summed E-state index contributed by atoms with van der Waals surface area (Å²) in [7, 11) is 1.76. The van der Waals surface area contributed by atoms with Crippen LogP contribution in [0.1, 0.15) is 12.8 Å². The molecule has 1 aromatic rings. The third-order valence-electron chi connectivity index (χ3n) is 2.46. The first-order valence-corrected chi connectivity index (χ1v) is 4.78. The number of hydrogen-bond acceptors (Lipinski definition) is 2. The van der Waals surface area contributed by atoms with Crippen LogP contribution in [0.4, 0.5) is 0 Å². The van der Waals surface area contributed by atoms with E-state index in [2.05, 4.69) is 5.43 Å². The summed E-state index contributed by atoms with van der Waals surface area (Å²) in [6, 6.07) is 4.51. The van der Waals surface area contributed by atoms with Crippen LogP contribution < -0.4 is 5.43 Å². The quantitative estimate of drug-likeness (QED) is 0.742. The van der Waals surface area contributed by atoms with Crippen LogP contribution in [0.15, 0.2) is 24.5 Å². The van der Waals surface area contributed by atoms with E-state index in [-0.39, 0.29) is 0 Å². The minimum atomic E-state index is 0.470. The average Bonchev–Trinajstić information content (AvgIpc) is 2.85. The minimum Gasteiger partial charge on any atom is -0.382 e. The van der Waals surface area contributed by atoms with Crippen molar-refractivity contribution in [1.82, 2.24) is 4.68 Å². The molecule has 1 unspecified atom stereocenters. The van der Waals surface area contributed by atoms with Gasteiger partial charge in [-0.15, -0.1) is 0 Å². The van der Waals surface area contributed by atoms with Gasteiger partial charge in [0, 0.05) is 19.5 Å². The molecule has 1 aliphatic rings. The van der Waals surface area contributed by atoms with Gasteiger partial charge in [0.25, 0.3) is 0 Å². The molecule has 0 aliphatic heterocycles. The fourth-order valence-electron chi connectivity index (χ4n) is 1.57. The van der Waals surface area contributed by atoms with Crippen molar-refractivity contribution in [2.45, 2.75) is 18.9 Å². The van der Waals surface area contributed by atoms with Gasteiger partial charge in [-0.05, 0) is 30.9 Å². The Hall–Kier alpha value is -0.960. The van der Waals surface area contributed by atoms with E-state index in [1.165, 1.54) is 12.8 Å². The molecule has 1 heterocycles. The molecule has 3 nitrogen and oxygen atoms in total. The lowest BCUT2D eigenvalue weighted by Crippen LogP contribution is -2.32. The Morgan fingerprint density at radius 1 is 1.46 bits per heavy atom. The van der Waals surface area contributed by atoms with E-state index in [1.54, 1.807) is 7.11 Å². The summed E-state index contributed by atoms with van der Waals surface area (Å²) < 4.78 is 7.18. The standard InChI is InChI=1S/C10H16N2O/c1-13-8-10(9-4-5-9)11-12-6-2-3-7-12/h2-3,6-7,9-11H,4-5,8H2,1H3. The second kappa shape index (κ2) is 3.83. The van der Waals surface area contributed by atoms with E-state index in [0.29, 0.717) is 6.04 Å². The molecule has 1 N–H and O–H groups in total. The van der Waals surface area contributed by atoms with Crippen molar-refractivity contribution in [1.29, 1.82) is 0 Å². The van der Waals surface area contributed by atoms with Crippen molar-refractivity contribution < 1.29 is 4.74 Å². The van der Waals surface area contributed by atoms with E-state index in [9.17, 15) is 0 Å². The van der Waals surface area contributed by atoms with Crippen molar-refractivity contribution in [3.05, 3.63) is 24.5 Å². The maximum absolute atomic E-state index is 5.18. The number of hydrogen-bond donors (Lipinski definition) is 1. The molecule has 0 saturated heterocycles. The van der Waals surface area contributed by atoms with Crippen molar-refractivity contribution in [2.75, 3.05) is 19.1 Å². The van der Waals surface area contributed by atoms with Gasteiger partial charge in [-0.2, -0.15) is 0 Å². The number of ether oxygens (including phenoxy) is 1. The highest BCUT2D eigenvalue weighted by atomic mass is 16.5. The molecule has 1 aromatic heterocycles. The molecule has 0 bridgehead atoms. The zero-order valence-electron chi connectivity index (χ0n) is 7.94. The number of methoxy groups -OCH3 is 1. The first-order valence-electron chi connectivity index (χ1n) is 4.78. The number of nitrogens with one attached hydrogen (secondary N) is 1. The summed E-state index contributed by atoms with van der Waals surface area (Å²) >= 11 is 0. The summed E-state index contributed by atoms with van der Waals surface area (Å²) in [6.07, 6.45) is 6.71. The van der Waals surface area contributed by atoms with Gasteiger partial charge in [0.05, 0.1) is 12.6 Å². The molecular weight excluding hydrogens is 164 g/mol. The average molecular weight is 180 g/mol. The number of aromatic nitrogens is 1. The van der Waals surface area contributed by atoms with Gasteiger partial charge in [-0.3, -0.25) is 4.68 Å². The highest BCUT2D eigenvalue weighted by Gasteiger charge is 2.31. The molecule has 72 valence electrons. The highest BCUT2D eigenvalue weighted by molar-refractivity contribution is 4.99. The molecule has 13 heavy (non-hydrogen) atoms. The molecule has 0 amide bonds. The first-order chi connectivity index (χ1) is 6.40. The molecular formula is C10H16N2O. The van der Waals surface area contributed by atoms with Crippen LogP contribution in [-0.2, 0) is 4.74 Å². The van der Waals surface area contributed by atoms with Gasteiger partial charge in [-0.1, -0.05) is 0 Å². The Balaban J connectivity index is 1.89. The SMILES string of the molecule is COCC(Nn1cccc1)C1CC1. The Labute approximate surface area is 78.7 Å². The number of nitrogens with zero attached hydrogens (tertiary/aromatic N) is 1. The Kier molecular flexibility index (Phi) is 2.54. The smallest absolute Gasteiger partial charge is 0.0685 e. The topological polar surface area (TPSA) is 26.2 Å². The Morgan fingerprint density at radius 2 is 2.15 bits per heavy atom. The highest BCUT2D eigenvalue weighted by Crippen LogP contribution is 2.33. The van der Waals surface area contributed by atoms with Gasteiger partial charge < -0.3 is 10.2 Å². The summed E-state index contributed by atoms with van der Waals surface area (Å²) in [5.74, 6) is 0.808. The fraction of sp³-hybridized carbons (Fsp3) is 0.600. The van der Waals surface area contributed by atoms with Crippen LogP contribution in [0.2, 0.25) is 0 Å². The molecule has 0 aromatic carbocycles. The Morgan fingerprint density at radius 3 is 2.69 bits per heavy atom. The molecule has 3 heteroatoms. The zero-order chi connectivity index (χ0) is 9.10. The fourth-order valence-corrected chi connectivity index (χ4v) is 1.57. The molecule has 0 radical (unpaired) electrons. The molecule has 2 rings (SSSR count). The van der Waals surface area contributed by atoms with Crippen LogP contribution >= 0.6 is 0 Å². The second-order valence-electron chi connectivity index (χ2n) is 3.62. The van der Waals surface area contributed by atoms with Crippen LogP contribution in [0.5, 0.6) is 0 Å². The van der Waals surface area contributed by atoms with Crippen LogP contribution in [0.3, 0.4) is 0 Å². The largest absolute Gasteiger partial charge is 0.382 e. The van der Waals surface area contributed by atoms with E-state index >= 15 is 0 Å². The first kappa shape index (κ1) is 8.63. The maximum atomic E-state index is 5.18. The van der Waals surface area contributed by atoms with Crippen LogP contribution in [-0.4, -0.2) is 24.4 Å². The third-order valence-corrected chi connectivity index (χ3v) is 2.46. The lowest BCUT2D eigenvalue weighted by molar-refractivity contribution is 0.175. The number of rotatable bonds is 5. The summed E-state index contributed by atoms with van der Waals surface area (Å²) in [6.45, 7) is 0.794. The van der Waals surface area contributed by atoms with Crippen molar-refractivity contribution in [3.8, 4) is 0 Å². The lowest BCUT2D eigenvalue weighted by Gasteiger charge is -2.19. The molecule has 1 fully saturated rings. The molecule has 1 saturated carbocycles. The Bertz CT molecular complexity index is 241. The maximum Gasteiger partial charge on any atom is 0.0685 e. The van der Waals surface area contributed by atoms with Gasteiger partial charge in [0.2, 0.25) is 0 Å². The normalized spacial score (nSPS) is 18.5. The van der Waals surface area contributed by atoms with Crippen molar-refractivity contribution in [2.24, 2.45) is 5.92 Å².